The van der Waals surface area contributed by atoms with E-state index in [2.05, 4.69) is 13.0 Å². The lowest BCUT2D eigenvalue weighted by atomic mass is 9.78. The molecule has 1 fully saturated rings. The zero-order valence-corrected chi connectivity index (χ0v) is 12.4. The van der Waals surface area contributed by atoms with E-state index in [9.17, 15) is 5.11 Å². The van der Waals surface area contributed by atoms with Crippen LogP contribution in [0.25, 0.3) is 10.8 Å². The SMILES string of the molecule is CC1CCC(c2cc3ccc(O)c(N)c3c(N)c2N)CC1. The molecule has 0 bridgehead atoms. The van der Waals surface area contributed by atoms with Crippen molar-refractivity contribution < 1.29 is 5.11 Å². The molecule has 7 N–H and O–H groups in total. The first kappa shape index (κ1) is 13.9. The summed E-state index contributed by atoms with van der Waals surface area (Å²) in [6.45, 7) is 2.30. The summed E-state index contributed by atoms with van der Waals surface area (Å²) in [4.78, 5) is 0. The average molecular weight is 285 g/mol. The molecule has 1 aliphatic carbocycles. The van der Waals surface area contributed by atoms with Gasteiger partial charge in [-0.25, -0.2) is 0 Å². The maximum Gasteiger partial charge on any atom is 0.139 e. The molecule has 0 atom stereocenters. The predicted molar refractivity (Wildman–Crippen MR) is 89.2 cm³/mol. The maximum atomic E-state index is 9.76. The van der Waals surface area contributed by atoms with Gasteiger partial charge >= 0.3 is 0 Å². The molecule has 21 heavy (non-hydrogen) atoms. The lowest BCUT2D eigenvalue weighted by Crippen LogP contribution is -2.13. The molecule has 1 saturated carbocycles. The third-order valence-electron chi connectivity index (χ3n) is 4.89. The zero-order chi connectivity index (χ0) is 15.1. The van der Waals surface area contributed by atoms with Crippen LogP contribution in [-0.4, -0.2) is 5.11 Å². The van der Waals surface area contributed by atoms with Crippen LogP contribution in [0.4, 0.5) is 17.1 Å². The van der Waals surface area contributed by atoms with E-state index in [1.165, 1.54) is 12.8 Å². The van der Waals surface area contributed by atoms with Crippen LogP contribution in [0.2, 0.25) is 0 Å². The van der Waals surface area contributed by atoms with E-state index in [4.69, 9.17) is 17.2 Å². The summed E-state index contributed by atoms with van der Waals surface area (Å²) < 4.78 is 0. The van der Waals surface area contributed by atoms with E-state index in [0.717, 1.165) is 29.7 Å². The highest BCUT2D eigenvalue weighted by Crippen LogP contribution is 2.44. The number of anilines is 3. The number of aromatic hydroxyl groups is 1. The maximum absolute atomic E-state index is 9.76. The monoisotopic (exact) mass is 285 g/mol. The number of hydrogen-bond acceptors (Lipinski definition) is 4. The molecule has 0 saturated heterocycles. The average Bonchev–Trinajstić information content (AvgIpc) is 2.47. The topological polar surface area (TPSA) is 98.3 Å². The summed E-state index contributed by atoms with van der Waals surface area (Å²) in [6.07, 6.45) is 4.79. The summed E-state index contributed by atoms with van der Waals surface area (Å²) in [5.41, 5.74) is 21.0. The molecule has 2 aromatic rings. The van der Waals surface area contributed by atoms with Crippen molar-refractivity contribution in [3.05, 3.63) is 23.8 Å². The third kappa shape index (κ3) is 2.24. The highest BCUT2D eigenvalue weighted by atomic mass is 16.3. The van der Waals surface area contributed by atoms with Crippen LogP contribution in [0.1, 0.15) is 44.1 Å². The number of benzene rings is 2. The number of phenolic OH excluding ortho intramolecular Hbond substituents is 1. The number of phenols is 1. The molecule has 0 amide bonds. The lowest BCUT2D eigenvalue weighted by molar-refractivity contribution is 0.348. The van der Waals surface area contributed by atoms with Gasteiger partial charge in [0, 0.05) is 5.39 Å². The van der Waals surface area contributed by atoms with Crippen molar-refractivity contribution in [2.24, 2.45) is 5.92 Å². The van der Waals surface area contributed by atoms with Crippen LogP contribution >= 0.6 is 0 Å². The van der Waals surface area contributed by atoms with Gasteiger partial charge in [-0.05, 0) is 47.8 Å². The Hall–Kier alpha value is -2.10. The summed E-state index contributed by atoms with van der Waals surface area (Å²) >= 11 is 0. The van der Waals surface area contributed by atoms with Gasteiger partial charge < -0.3 is 22.3 Å². The van der Waals surface area contributed by atoms with Crippen LogP contribution in [0.3, 0.4) is 0 Å². The van der Waals surface area contributed by atoms with Gasteiger partial charge in [-0.1, -0.05) is 25.8 Å². The second-order valence-electron chi connectivity index (χ2n) is 6.35. The van der Waals surface area contributed by atoms with Crippen molar-refractivity contribution in [1.82, 2.24) is 0 Å². The Morgan fingerprint density at radius 3 is 2.29 bits per heavy atom. The van der Waals surface area contributed by atoms with Crippen LogP contribution in [0.5, 0.6) is 5.75 Å². The van der Waals surface area contributed by atoms with Gasteiger partial charge in [0.15, 0.2) is 0 Å². The van der Waals surface area contributed by atoms with Crippen LogP contribution in [0.15, 0.2) is 18.2 Å². The van der Waals surface area contributed by atoms with Crippen molar-refractivity contribution >= 4 is 27.8 Å². The van der Waals surface area contributed by atoms with Gasteiger partial charge in [0.05, 0.1) is 17.1 Å². The minimum atomic E-state index is 0.0489. The Kier molecular flexibility index (Phi) is 3.32. The summed E-state index contributed by atoms with van der Waals surface area (Å²) in [5, 5.41) is 11.4. The molecular formula is C17H23N3O. The molecule has 0 spiro atoms. The number of nitrogens with two attached hydrogens (primary N) is 3. The van der Waals surface area contributed by atoms with Gasteiger partial charge in [0.25, 0.3) is 0 Å². The van der Waals surface area contributed by atoms with Gasteiger partial charge in [-0.15, -0.1) is 0 Å². The molecule has 0 aromatic heterocycles. The van der Waals surface area contributed by atoms with E-state index in [-0.39, 0.29) is 5.75 Å². The first-order chi connectivity index (χ1) is 9.99. The van der Waals surface area contributed by atoms with E-state index in [0.29, 0.717) is 28.4 Å². The Balaban J connectivity index is 2.13. The van der Waals surface area contributed by atoms with Crippen LogP contribution in [-0.2, 0) is 0 Å². The first-order valence-electron chi connectivity index (χ1n) is 7.58. The standard InChI is InChI=1S/C17H23N3O/c1-9-2-4-10(5-3-9)12-8-11-6-7-13(21)16(19)14(11)17(20)15(12)18/h6-10,21H,2-5,18-20H2,1H3. The number of hydrogen-bond donors (Lipinski definition) is 4. The Bertz CT molecular complexity index is 688. The van der Waals surface area contributed by atoms with E-state index in [1.807, 2.05) is 6.07 Å². The molecule has 0 radical (unpaired) electrons. The van der Waals surface area contributed by atoms with E-state index in [1.54, 1.807) is 6.07 Å². The molecule has 112 valence electrons. The lowest BCUT2D eigenvalue weighted by Gasteiger charge is -2.28. The van der Waals surface area contributed by atoms with E-state index >= 15 is 0 Å². The molecule has 0 unspecified atom stereocenters. The Labute approximate surface area is 124 Å². The second-order valence-corrected chi connectivity index (χ2v) is 6.35. The highest BCUT2D eigenvalue weighted by Gasteiger charge is 2.23. The third-order valence-corrected chi connectivity index (χ3v) is 4.89. The first-order valence-corrected chi connectivity index (χ1v) is 7.58. The molecule has 1 aliphatic rings. The molecule has 3 rings (SSSR count). The van der Waals surface area contributed by atoms with Gasteiger partial charge in [0.2, 0.25) is 0 Å². The Morgan fingerprint density at radius 2 is 1.62 bits per heavy atom. The summed E-state index contributed by atoms with van der Waals surface area (Å²) in [5.74, 6) is 1.32. The summed E-state index contributed by atoms with van der Waals surface area (Å²) in [6, 6.07) is 5.56. The van der Waals surface area contributed by atoms with Crippen molar-refractivity contribution in [2.45, 2.75) is 38.5 Å². The van der Waals surface area contributed by atoms with Crippen molar-refractivity contribution in [3.63, 3.8) is 0 Å². The molecule has 2 aromatic carbocycles. The molecular weight excluding hydrogens is 262 g/mol. The fourth-order valence-electron chi connectivity index (χ4n) is 3.49. The molecule has 0 heterocycles. The van der Waals surface area contributed by atoms with Crippen LogP contribution < -0.4 is 17.2 Å². The van der Waals surface area contributed by atoms with Crippen molar-refractivity contribution in [3.8, 4) is 5.75 Å². The van der Waals surface area contributed by atoms with Gasteiger partial charge in [0.1, 0.15) is 5.75 Å². The minimum Gasteiger partial charge on any atom is -0.506 e. The molecule has 4 nitrogen and oxygen atoms in total. The summed E-state index contributed by atoms with van der Waals surface area (Å²) in [7, 11) is 0. The van der Waals surface area contributed by atoms with Crippen LogP contribution in [0, 0.1) is 5.92 Å². The number of rotatable bonds is 1. The smallest absolute Gasteiger partial charge is 0.139 e. The van der Waals surface area contributed by atoms with Gasteiger partial charge in [-0.3, -0.25) is 0 Å². The highest BCUT2D eigenvalue weighted by molar-refractivity contribution is 6.08. The normalized spacial score (nSPS) is 22.5. The zero-order valence-electron chi connectivity index (χ0n) is 12.4. The quantitative estimate of drug-likeness (QED) is 0.475. The fourth-order valence-corrected chi connectivity index (χ4v) is 3.49. The number of fused-ring (bicyclic) bond motifs is 1. The Morgan fingerprint density at radius 1 is 0.952 bits per heavy atom. The largest absolute Gasteiger partial charge is 0.506 e. The second kappa shape index (κ2) is 5.02. The predicted octanol–water partition coefficient (Wildman–Crippen LogP) is 3.59. The molecule has 4 heteroatoms. The van der Waals surface area contributed by atoms with E-state index < -0.39 is 0 Å². The molecule has 0 aliphatic heterocycles. The number of nitrogen functional groups attached to an aromatic ring is 3. The fraction of sp³-hybridized carbons (Fsp3) is 0.412. The van der Waals surface area contributed by atoms with Crippen molar-refractivity contribution in [2.75, 3.05) is 17.2 Å². The van der Waals surface area contributed by atoms with Gasteiger partial charge in [-0.2, -0.15) is 0 Å². The minimum absolute atomic E-state index is 0.0489. The van der Waals surface area contributed by atoms with Crippen molar-refractivity contribution in [1.29, 1.82) is 0 Å².